The number of hydrogen-bond donors (Lipinski definition) is 2. The molecule has 1 aromatic carbocycles. The van der Waals surface area contributed by atoms with E-state index in [4.69, 9.17) is 0 Å². The molecule has 2 heteroatoms. The Morgan fingerprint density at radius 2 is 1.83 bits per heavy atom. The number of hydrogen-bond acceptors (Lipinski definition) is 2. The maximum absolute atomic E-state index is 9.63. The fourth-order valence-corrected chi connectivity index (χ4v) is 2.92. The molecule has 2 nitrogen and oxygen atoms in total. The molecular weight excluding hydrogens is 222 g/mol. The van der Waals surface area contributed by atoms with Gasteiger partial charge in [-0.05, 0) is 24.3 Å². The molecule has 1 aliphatic carbocycles. The second-order valence-electron chi connectivity index (χ2n) is 5.49. The third kappa shape index (κ3) is 3.56. The van der Waals surface area contributed by atoms with Crippen LogP contribution in [0.3, 0.4) is 0 Å². The molecule has 1 fully saturated rings. The van der Waals surface area contributed by atoms with Crippen LogP contribution in [-0.2, 0) is 0 Å². The summed E-state index contributed by atoms with van der Waals surface area (Å²) in [5.74, 6) is 0.359. The Bertz CT molecular complexity index is 332. The van der Waals surface area contributed by atoms with Gasteiger partial charge in [0.1, 0.15) is 0 Å². The minimum atomic E-state index is 0.176. The first-order valence-electron chi connectivity index (χ1n) is 7.23. The normalized spacial score (nSPS) is 20.6. The van der Waals surface area contributed by atoms with Crippen molar-refractivity contribution in [3.8, 4) is 0 Å². The molecule has 100 valence electrons. The van der Waals surface area contributed by atoms with Crippen molar-refractivity contribution in [3.05, 3.63) is 35.9 Å². The summed E-state index contributed by atoms with van der Waals surface area (Å²) in [5.41, 5.74) is 1.31. The van der Waals surface area contributed by atoms with Gasteiger partial charge in [0, 0.05) is 12.1 Å². The number of rotatable bonds is 5. The lowest BCUT2D eigenvalue weighted by atomic mass is 9.90. The number of nitrogens with one attached hydrogen (secondary N) is 1. The topological polar surface area (TPSA) is 32.3 Å². The van der Waals surface area contributed by atoms with E-state index in [1.165, 1.54) is 37.7 Å². The molecule has 0 amide bonds. The molecule has 18 heavy (non-hydrogen) atoms. The van der Waals surface area contributed by atoms with Gasteiger partial charge in [0.15, 0.2) is 0 Å². The molecule has 2 unspecified atom stereocenters. The SMILES string of the molecule is CC(c1ccccc1)C(CO)NC1CCCCC1. The first kappa shape index (κ1) is 13.6. The van der Waals surface area contributed by atoms with Gasteiger partial charge >= 0.3 is 0 Å². The van der Waals surface area contributed by atoms with Crippen LogP contribution < -0.4 is 5.32 Å². The van der Waals surface area contributed by atoms with Crippen LogP contribution in [0.25, 0.3) is 0 Å². The summed E-state index contributed by atoms with van der Waals surface area (Å²) in [7, 11) is 0. The first-order valence-corrected chi connectivity index (χ1v) is 7.23. The molecule has 2 rings (SSSR count). The zero-order chi connectivity index (χ0) is 12.8. The highest BCUT2D eigenvalue weighted by molar-refractivity contribution is 5.20. The molecular formula is C16H25NO. The van der Waals surface area contributed by atoms with E-state index in [1.807, 2.05) is 6.07 Å². The van der Waals surface area contributed by atoms with E-state index in [2.05, 4.69) is 36.5 Å². The zero-order valence-corrected chi connectivity index (χ0v) is 11.3. The Morgan fingerprint density at radius 1 is 1.17 bits per heavy atom. The third-order valence-electron chi connectivity index (χ3n) is 4.18. The second kappa shape index (κ2) is 6.91. The van der Waals surface area contributed by atoms with Gasteiger partial charge in [-0.3, -0.25) is 0 Å². The summed E-state index contributed by atoms with van der Waals surface area (Å²) in [6.45, 7) is 2.42. The van der Waals surface area contributed by atoms with E-state index < -0.39 is 0 Å². The van der Waals surface area contributed by atoms with E-state index in [-0.39, 0.29) is 12.6 Å². The lowest BCUT2D eigenvalue weighted by molar-refractivity contribution is 0.203. The van der Waals surface area contributed by atoms with Gasteiger partial charge in [-0.1, -0.05) is 56.5 Å². The predicted octanol–water partition coefficient (Wildman–Crippen LogP) is 3.07. The molecule has 2 N–H and O–H groups in total. The van der Waals surface area contributed by atoms with E-state index in [1.54, 1.807) is 0 Å². The van der Waals surface area contributed by atoms with Crippen molar-refractivity contribution < 1.29 is 5.11 Å². The summed E-state index contributed by atoms with van der Waals surface area (Å²) in [6, 6.07) is 11.3. The van der Waals surface area contributed by atoms with Crippen LogP contribution in [0, 0.1) is 0 Å². The Hall–Kier alpha value is -0.860. The summed E-state index contributed by atoms with van der Waals surface area (Å²) >= 11 is 0. The van der Waals surface area contributed by atoms with Crippen molar-refractivity contribution in [2.24, 2.45) is 0 Å². The quantitative estimate of drug-likeness (QED) is 0.838. The van der Waals surface area contributed by atoms with Crippen LogP contribution in [0.1, 0.15) is 50.5 Å². The van der Waals surface area contributed by atoms with Gasteiger partial charge in [-0.25, -0.2) is 0 Å². The van der Waals surface area contributed by atoms with Crippen LogP contribution in [0.15, 0.2) is 30.3 Å². The van der Waals surface area contributed by atoms with Crippen molar-refractivity contribution in [1.82, 2.24) is 5.32 Å². The lowest BCUT2D eigenvalue weighted by Crippen LogP contribution is -2.44. The second-order valence-corrected chi connectivity index (χ2v) is 5.49. The van der Waals surface area contributed by atoms with Crippen LogP contribution in [0.2, 0.25) is 0 Å². The Kier molecular flexibility index (Phi) is 5.21. The molecule has 0 heterocycles. The maximum atomic E-state index is 9.63. The summed E-state index contributed by atoms with van der Waals surface area (Å²) in [5, 5.41) is 13.3. The first-order chi connectivity index (χ1) is 8.81. The van der Waals surface area contributed by atoms with E-state index in [0.29, 0.717) is 12.0 Å². The van der Waals surface area contributed by atoms with Crippen molar-refractivity contribution in [3.63, 3.8) is 0 Å². The monoisotopic (exact) mass is 247 g/mol. The van der Waals surface area contributed by atoms with E-state index in [9.17, 15) is 5.11 Å². The Morgan fingerprint density at radius 3 is 2.44 bits per heavy atom. The highest BCUT2D eigenvalue weighted by Crippen LogP contribution is 2.23. The van der Waals surface area contributed by atoms with Crippen LogP contribution >= 0.6 is 0 Å². The third-order valence-corrected chi connectivity index (χ3v) is 4.18. The molecule has 2 atom stereocenters. The van der Waals surface area contributed by atoms with Gasteiger partial charge in [-0.15, -0.1) is 0 Å². The van der Waals surface area contributed by atoms with E-state index >= 15 is 0 Å². The predicted molar refractivity (Wildman–Crippen MR) is 75.7 cm³/mol. The van der Waals surface area contributed by atoms with Gasteiger partial charge in [0.05, 0.1) is 6.61 Å². The average Bonchev–Trinajstić information content (AvgIpc) is 2.46. The smallest absolute Gasteiger partial charge is 0.0590 e. The number of benzene rings is 1. The van der Waals surface area contributed by atoms with Crippen molar-refractivity contribution >= 4 is 0 Å². The summed E-state index contributed by atoms with van der Waals surface area (Å²) < 4.78 is 0. The molecule has 0 radical (unpaired) electrons. The molecule has 0 aliphatic heterocycles. The Balaban J connectivity index is 1.95. The minimum Gasteiger partial charge on any atom is -0.395 e. The molecule has 0 aromatic heterocycles. The van der Waals surface area contributed by atoms with Gasteiger partial charge < -0.3 is 10.4 Å². The number of aliphatic hydroxyl groups is 1. The van der Waals surface area contributed by atoms with Gasteiger partial charge in [-0.2, -0.15) is 0 Å². The minimum absolute atomic E-state index is 0.176. The van der Waals surface area contributed by atoms with Crippen molar-refractivity contribution in [1.29, 1.82) is 0 Å². The Labute approximate surface area is 110 Å². The summed E-state index contributed by atoms with van der Waals surface area (Å²) in [4.78, 5) is 0. The summed E-state index contributed by atoms with van der Waals surface area (Å²) in [6.07, 6.45) is 6.55. The molecule has 0 spiro atoms. The molecule has 1 aromatic rings. The molecule has 1 aliphatic rings. The number of aliphatic hydroxyl groups excluding tert-OH is 1. The molecule has 0 bridgehead atoms. The lowest BCUT2D eigenvalue weighted by Gasteiger charge is -2.31. The van der Waals surface area contributed by atoms with Crippen molar-refractivity contribution in [2.75, 3.05) is 6.61 Å². The maximum Gasteiger partial charge on any atom is 0.0590 e. The van der Waals surface area contributed by atoms with Crippen LogP contribution in [-0.4, -0.2) is 23.8 Å². The van der Waals surface area contributed by atoms with Gasteiger partial charge in [0.2, 0.25) is 0 Å². The standard InChI is InChI=1S/C16H25NO/c1-13(14-8-4-2-5-9-14)16(12-18)17-15-10-6-3-7-11-15/h2,4-5,8-9,13,15-18H,3,6-7,10-12H2,1H3. The largest absolute Gasteiger partial charge is 0.395 e. The fourth-order valence-electron chi connectivity index (χ4n) is 2.92. The highest BCUT2D eigenvalue weighted by atomic mass is 16.3. The van der Waals surface area contributed by atoms with Crippen molar-refractivity contribution in [2.45, 2.75) is 57.0 Å². The molecule has 1 saturated carbocycles. The van der Waals surface area contributed by atoms with Gasteiger partial charge in [0.25, 0.3) is 0 Å². The fraction of sp³-hybridized carbons (Fsp3) is 0.625. The van der Waals surface area contributed by atoms with Crippen LogP contribution in [0.5, 0.6) is 0 Å². The van der Waals surface area contributed by atoms with E-state index in [0.717, 1.165) is 0 Å². The molecule has 0 saturated heterocycles. The zero-order valence-electron chi connectivity index (χ0n) is 11.3. The average molecular weight is 247 g/mol. The highest BCUT2D eigenvalue weighted by Gasteiger charge is 2.22. The van der Waals surface area contributed by atoms with Crippen LogP contribution in [0.4, 0.5) is 0 Å².